The van der Waals surface area contributed by atoms with Crippen LogP contribution in [0.2, 0.25) is 0 Å². The van der Waals surface area contributed by atoms with E-state index < -0.39 is 12.4 Å². The molecule has 5 nitrogen and oxygen atoms in total. The van der Waals surface area contributed by atoms with Crippen molar-refractivity contribution in [1.29, 1.82) is 0 Å². The van der Waals surface area contributed by atoms with E-state index in [1.807, 2.05) is 0 Å². The van der Waals surface area contributed by atoms with E-state index in [0.29, 0.717) is 29.8 Å². The van der Waals surface area contributed by atoms with E-state index in [1.165, 1.54) is 24.3 Å². The smallest absolute Gasteiger partial charge is 0.406 e. The second-order valence-electron chi connectivity index (χ2n) is 6.92. The first kappa shape index (κ1) is 19.8. The van der Waals surface area contributed by atoms with E-state index in [9.17, 15) is 22.8 Å². The molecule has 30 heavy (non-hydrogen) atoms. The van der Waals surface area contributed by atoms with E-state index in [4.69, 9.17) is 0 Å². The topological polar surface area (TPSA) is 60.3 Å². The van der Waals surface area contributed by atoms with Crippen molar-refractivity contribution in [2.45, 2.75) is 25.2 Å². The summed E-state index contributed by atoms with van der Waals surface area (Å²) in [5.41, 5.74) is 2.62. The van der Waals surface area contributed by atoms with Crippen LogP contribution in [0.3, 0.4) is 0 Å². The Morgan fingerprint density at radius 2 is 1.63 bits per heavy atom. The molecule has 1 aliphatic rings. The second-order valence-corrected chi connectivity index (χ2v) is 6.92. The number of alkyl halides is 3. The fraction of sp³-hybridized carbons (Fsp3) is 0.182. The molecule has 0 bridgehead atoms. The molecule has 1 unspecified atom stereocenters. The summed E-state index contributed by atoms with van der Waals surface area (Å²) in [5, 5.41) is 2.85. The second kappa shape index (κ2) is 7.70. The Hall–Kier alpha value is -3.55. The van der Waals surface area contributed by atoms with Crippen molar-refractivity contribution < 1.29 is 27.5 Å². The summed E-state index contributed by atoms with van der Waals surface area (Å²) in [6.45, 7) is 0. The van der Waals surface area contributed by atoms with Crippen LogP contribution in [-0.4, -0.2) is 22.6 Å². The number of carbonyl (C=O) groups is 2. The standard InChI is InChI=1S/C22H17F3N2O3/c23-22(24,25)30-17-9-5-15(6-10-17)14-3-7-16(8-4-14)26-21(29)19-11-12-20(28)18-2-1-13-27(18)19/h1-10,13,19H,11-12H2,(H,26,29). The summed E-state index contributed by atoms with van der Waals surface area (Å²) in [5.74, 6) is -0.466. The molecule has 0 spiro atoms. The summed E-state index contributed by atoms with van der Waals surface area (Å²) in [7, 11) is 0. The molecule has 0 saturated heterocycles. The van der Waals surface area contributed by atoms with Crippen molar-refractivity contribution in [1.82, 2.24) is 4.57 Å². The zero-order valence-electron chi connectivity index (χ0n) is 15.6. The SMILES string of the molecule is O=C1CCC(C(=O)Nc2ccc(-c3ccc(OC(F)(F)F)cc3)cc2)n2cccc21. The molecular formula is C22H17F3N2O3. The van der Waals surface area contributed by atoms with Gasteiger partial charge in [-0.2, -0.15) is 0 Å². The van der Waals surface area contributed by atoms with Crippen LogP contribution >= 0.6 is 0 Å². The number of ketones is 1. The lowest BCUT2D eigenvalue weighted by molar-refractivity contribution is -0.274. The summed E-state index contributed by atoms with van der Waals surface area (Å²) in [4.78, 5) is 24.6. The van der Waals surface area contributed by atoms with Gasteiger partial charge in [-0.25, -0.2) is 0 Å². The Bertz CT molecular complexity index is 1070. The highest BCUT2D eigenvalue weighted by Gasteiger charge is 2.31. The third-order valence-corrected chi connectivity index (χ3v) is 4.92. The number of hydrogen-bond acceptors (Lipinski definition) is 3. The van der Waals surface area contributed by atoms with Crippen molar-refractivity contribution in [3.05, 3.63) is 72.6 Å². The van der Waals surface area contributed by atoms with Crippen LogP contribution in [0.25, 0.3) is 11.1 Å². The van der Waals surface area contributed by atoms with Gasteiger partial charge in [-0.1, -0.05) is 24.3 Å². The lowest BCUT2D eigenvalue weighted by Gasteiger charge is -2.24. The van der Waals surface area contributed by atoms with Crippen molar-refractivity contribution >= 4 is 17.4 Å². The van der Waals surface area contributed by atoms with Gasteiger partial charge in [0.1, 0.15) is 11.8 Å². The molecular weight excluding hydrogens is 397 g/mol. The predicted octanol–water partition coefficient (Wildman–Crippen LogP) is 5.21. The quantitative estimate of drug-likeness (QED) is 0.638. The molecule has 3 aromatic rings. The summed E-state index contributed by atoms with van der Waals surface area (Å²) in [6, 6.07) is 15.5. The van der Waals surface area contributed by atoms with Gasteiger partial charge in [-0.3, -0.25) is 9.59 Å². The number of nitrogens with one attached hydrogen (secondary N) is 1. The Morgan fingerprint density at radius 1 is 1.00 bits per heavy atom. The minimum Gasteiger partial charge on any atom is -0.406 e. The number of ether oxygens (including phenoxy) is 1. The number of benzene rings is 2. The number of carbonyl (C=O) groups excluding carboxylic acids is 2. The molecule has 1 aliphatic heterocycles. The van der Waals surface area contributed by atoms with Crippen molar-refractivity contribution in [3.63, 3.8) is 0 Å². The molecule has 1 N–H and O–H groups in total. The van der Waals surface area contributed by atoms with Crippen LogP contribution in [0.5, 0.6) is 5.75 Å². The molecule has 0 aliphatic carbocycles. The first-order valence-electron chi connectivity index (χ1n) is 9.27. The molecule has 1 atom stereocenters. The molecule has 8 heteroatoms. The number of fused-ring (bicyclic) bond motifs is 1. The van der Waals surface area contributed by atoms with Crippen LogP contribution < -0.4 is 10.1 Å². The number of nitrogens with zero attached hydrogens (tertiary/aromatic N) is 1. The van der Waals surface area contributed by atoms with Gasteiger partial charge in [0.05, 0.1) is 5.69 Å². The molecule has 4 rings (SSSR count). The number of anilines is 1. The van der Waals surface area contributed by atoms with Crippen molar-refractivity contribution in [2.24, 2.45) is 0 Å². The molecule has 0 radical (unpaired) electrons. The fourth-order valence-corrected chi connectivity index (χ4v) is 3.52. The summed E-state index contributed by atoms with van der Waals surface area (Å²) in [6.07, 6.45) is -2.23. The first-order chi connectivity index (χ1) is 14.3. The number of amides is 1. The van der Waals surface area contributed by atoms with Gasteiger partial charge >= 0.3 is 6.36 Å². The maximum atomic E-state index is 12.7. The van der Waals surface area contributed by atoms with Crippen LogP contribution in [0, 0.1) is 0 Å². The maximum absolute atomic E-state index is 12.7. The van der Waals surface area contributed by atoms with Gasteiger partial charge in [-0.15, -0.1) is 13.2 Å². The Balaban J connectivity index is 1.44. The minimum atomic E-state index is -4.73. The summed E-state index contributed by atoms with van der Waals surface area (Å²) < 4.78 is 42.3. The van der Waals surface area contributed by atoms with E-state index in [2.05, 4.69) is 10.1 Å². The highest BCUT2D eigenvalue weighted by molar-refractivity contribution is 6.00. The largest absolute Gasteiger partial charge is 0.573 e. The zero-order valence-corrected chi connectivity index (χ0v) is 15.6. The summed E-state index contributed by atoms with van der Waals surface area (Å²) >= 11 is 0. The number of halogens is 3. The van der Waals surface area contributed by atoms with E-state index in [0.717, 1.165) is 5.56 Å². The number of Topliss-reactive ketones (excluding diaryl/α,β-unsaturated/α-hetero) is 1. The third kappa shape index (κ3) is 4.22. The Labute approximate surface area is 170 Å². The van der Waals surface area contributed by atoms with E-state index >= 15 is 0 Å². The molecule has 0 saturated carbocycles. The van der Waals surface area contributed by atoms with Crippen LogP contribution in [0.15, 0.2) is 66.9 Å². The Morgan fingerprint density at radius 3 is 2.27 bits per heavy atom. The Kier molecular flexibility index (Phi) is 5.07. The molecule has 0 fully saturated rings. The number of aromatic nitrogens is 1. The average Bonchev–Trinajstić information content (AvgIpc) is 3.19. The highest BCUT2D eigenvalue weighted by Crippen LogP contribution is 2.29. The molecule has 1 amide bonds. The van der Waals surface area contributed by atoms with Gasteiger partial charge in [0, 0.05) is 18.3 Å². The lowest BCUT2D eigenvalue weighted by atomic mass is 10.0. The lowest BCUT2D eigenvalue weighted by Crippen LogP contribution is -2.31. The third-order valence-electron chi connectivity index (χ3n) is 4.92. The van der Waals surface area contributed by atoms with Gasteiger partial charge in [0.15, 0.2) is 5.78 Å². The van der Waals surface area contributed by atoms with Crippen LogP contribution in [-0.2, 0) is 4.79 Å². The van der Waals surface area contributed by atoms with Gasteiger partial charge in [0.25, 0.3) is 0 Å². The molecule has 2 aromatic carbocycles. The van der Waals surface area contributed by atoms with Crippen LogP contribution in [0.4, 0.5) is 18.9 Å². The number of rotatable bonds is 4. The van der Waals surface area contributed by atoms with Gasteiger partial charge < -0.3 is 14.6 Å². The van der Waals surface area contributed by atoms with Gasteiger partial charge in [-0.05, 0) is 53.9 Å². The monoisotopic (exact) mass is 414 g/mol. The average molecular weight is 414 g/mol. The number of hydrogen-bond donors (Lipinski definition) is 1. The van der Waals surface area contributed by atoms with Crippen molar-refractivity contribution in [2.75, 3.05) is 5.32 Å². The zero-order chi connectivity index (χ0) is 21.3. The molecule has 2 heterocycles. The molecule has 154 valence electrons. The maximum Gasteiger partial charge on any atom is 0.573 e. The predicted molar refractivity (Wildman–Crippen MR) is 104 cm³/mol. The molecule has 1 aromatic heterocycles. The first-order valence-corrected chi connectivity index (χ1v) is 9.27. The highest BCUT2D eigenvalue weighted by atomic mass is 19.4. The van der Waals surface area contributed by atoms with Crippen LogP contribution in [0.1, 0.15) is 29.4 Å². The minimum absolute atomic E-state index is 0.0278. The van der Waals surface area contributed by atoms with Crippen molar-refractivity contribution in [3.8, 4) is 16.9 Å². The van der Waals surface area contributed by atoms with E-state index in [-0.39, 0.29) is 17.4 Å². The fourth-order valence-electron chi connectivity index (χ4n) is 3.52. The normalized spacial score (nSPS) is 16.1. The van der Waals surface area contributed by atoms with E-state index in [1.54, 1.807) is 47.2 Å². The van der Waals surface area contributed by atoms with Gasteiger partial charge in [0.2, 0.25) is 5.91 Å².